The van der Waals surface area contributed by atoms with E-state index in [-0.39, 0.29) is 6.61 Å². The Balaban J connectivity index is 1.53. The molecule has 0 heterocycles. The number of benzene rings is 4. The maximum atomic E-state index is 13.0. The van der Waals surface area contributed by atoms with E-state index in [2.05, 4.69) is 15.8 Å². The summed E-state index contributed by atoms with van der Waals surface area (Å²) in [5.74, 6) is 0.186. The van der Waals surface area contributed by atoms with Crippen molar-refractivity contribution >= 4 is 29.0 Å². The molecule has 4 aromatic rings. The molecule has 0 unspecified atom stereocenters. The average molecular weight is 496 g/mol. The zero-order valence-corrected chi connectivity index (χ0v) is 20.6. The number of hydrogen-bond donors (Lipinski definition) is 2. The standard InChI is InChI=1S/C30H29N3O4/c1-2-36-30(35)32-27(19-22-11-5-3-6-12-22)29(34)33-31-20-26-25-16-10-9-15-24(25)17-18-28(26)37-21-23-13-7-4-8-14-23/h3-18,20,27H,2,19,21H2,1H3,(H,32,35)(H,33,34)/b31-20-/t27-/m1/s1. The van der Waals surface area contributed by atoms with Crippen LogP contribution in [0.1, 0.15) is 23.6 Å². The molecule has 1 atom stereocenters. The van der Waals surface area contributed by atoms with Crippen LogP contribution in [0.3, 0.4) is 0 Å². The van der Waals surface area contributed by atoms with E-state index in [1.165, 1.54) is 0 Å². The molecule has 188 valence electrons. The molecule has 0 aromatic heterocycles. The highest BCUT2D eigenvalue weighted by Gasteiger charge is 2.21. The van der Waals surface area contributed by atoms with Gasteiger partial charge in [-0.05, 0) is 34.9 Å². The maximum absolute atomic E-state index is 13.0. The van der Waals surface area contributed by atoms with Crippen LogP contribution in [0.5, 0.6) is 5.75 Å². The number of carbonyl (C=O) groups excluding carboxylic acids is 2. The SMILES string of the molecule is CCOC(=O)N[C@H](Cc1ccccc1)C(=O)N/N=C\c1c(OCc2ccccc2)ccc2ccccc12. The van der Waals surface area contributed by atoms with E-state index in [0.717, 1.165) is 27.5 Å². The monoisotopic (exact) mass is 495 g/mol. The number of nitrogens with one attached hydrogen (secondary N) is 2. The van der Waals surface area contributed by atoms with Crippen molar-refractivity contribution in [2.45, 2.75) is 26.0 Å². The minimum atomic E-state index is -0.861. The second-order valence-corrected chi connectivity index (χ2v) is 8.31. The van der Waals surface area contributed by atoms with Gasteiger partial charge in [0.25, 0.3) is 5.91 Å². The first kappa shape index (κ1) is 25.4. The number of hydrogen-bond acceptors (Lipinski definition) is 5. The summed E-state index contributed by atoms with van der Waals surface area (Å²) < 4.78 is 11.1. The van der Waals surface area contributed by atoms with Crippen molar-refractivity contribution in [3.05, 3.63) is 114 Å². The number of carbonyl (C=O) groups is 2. The summed E-state index contributed by atoms with van der Waals surface area (Å²) >= 11 is 0. The van der Waals surface area contributed by atoms with E-state index in [1.807, 2.05) is 97.1 Å². The minimum absolute atomic E-state index is 0.205. The molecule has 2 N–H and O–H groups in total. The third kappa shape index (κ3) is 7.18. The summed E-state index contributed by atoms with van der Waals surface area (Å²) in [5, 5.41) is 8.81. The molecule has 7 heteroatoms. The lowest BCUT2D eigenvalue weighted by Gasteiger charge is -2.17. The van der Waals surface area contributed by atoms with Gasteiger partial charge < -0.3 is 14.8 Å². The summed E-state index contributed by atoms with van der Waals surface area (Å²) in [6.07, 6.45) is 1.21. The molecule has 0 aliphatic heterocycles. The van der Waals surface area contributed by atoms with Crippen molar-refractivity contribution in [2.24, 2.45) is 5.10 Å². The van der Waals surface area contributed by atoms with Crippen LogP contribution in [-0.2, 0) is 22.6 Å². The molecular formula is C30H29N3O4. The molecule has 0 aliphatic carbocycles. The first-order chi connectivity index (χ1) is 18.1. The Morgan fingerprint density at radius 1 is 0.865 bits per heavy atom. The van der Waals surface area contributed by atoms with Gasteiger partial charge in [0.15, 0.2) is 0 Å². The lowest BCUT2D eigenvalue weighted by molar-refractivity contribution is -0.123. The second-order valence-electron chi connectivity index (χ2n) is 8.31. The summed E-state index contributed by atoms with van der Waals surface area (Å²) in [6, 6.07) is 30.2. The smallest absolute Gasteiger partial charge is 0.407 e. The highest BCUT2D eigenvalue weighted by atomic mass is 16.5. The topological polar surface area (TPSA) is 89.0 Å². The number of rotatable bonds is 10. The Kier molecular flexibility index (Phi) is 8.86. The van der Waals surface area contributed by atoms with Gasteiger partial charge in [0.2, 0.25) is 0 Å². The molecule has 7 nitrogen and oxygen atoms in total. The van der Waals surface area contributed by atoms with Gasteiger partial charge in [0.05, 0.1) is 12.8 Å². The van der Waals surface area contributed by atoms with Crippen molar-refractivity contribution in [1.82, 2.24) is 10.7 Å². The quantitative estimate of drug-likeness (QED) is 0.233. The van der Waals surface area contributed by atoms with Gasteiger partial charge in [-0.15, -0.1) is 0 Å². The zero-order valence-electron chi connectivity index (χ0n) is 20.6. The Morgan fingerprint density at radius 3 is 2.27 bits per heavy atom. The van der Waals surface area contributed by atoms with Gasteiger partial charge in [-0.25, -0.2) is 10.2 Å². The van der Waals surface area contributed by atoms with Crippen LogP contribution in [0.15, 0.2) is 102 Å². The van der Waals surface area contributed by atoms with Crippen molar-refractivity contribution in [3.8, 4) is 5.75 Å². The first-order valence-electron chi connectivity index (χ1n) is 12.1. The van der Waals surface area contributed by atoms with Crippen molar-refractivity contribution in [3.63, 3.8) is 0 Å². The van der Waals surface area contributed by atoms with Crippen LogP contribution in [0.25, 0.3) is 10.8 Å². The predicted octanol–water partition coefficient (Wildman–Crippen LogP) is 5.23. The third-order valence-electron chi connectivity index (χ3n) is 5.70. The van der Waals surface area contributed by atoms with Gasteiger partial charge in [-0.2, -0.15) is 5.10 Å². The van der Waals surface area contributed by atoms with E-state index >= 15 is 0 Å². The molecular weight excluding hydrogens is 466 g/mol. The van der Waals surface area contributed by atoms with E-state index in [4.69, 9.17) is 9.47 Å². The molecule has 0 aliphatic rings. The molecule has 2 amide bonds. The number of alkyl carbamates (subject to hydrolysis) is 1. The molecule has 0 radical (unpaired) electrons. The summed E-state index contributed by atoms with van der Waals surface area (Å²) in [4.78, 5) is 25.1. The van der Waals surface area contributed by atoms with E-state index < -0.39 is 18.0 Å². The Labute approximate surface area is 216 Å². The Bertz CT molecular complexity index is 1360. The number of hydrazone groups is 1. The number of amides is 2. The second kappa shape index (κ2) is 12.9. The van der Waals surface area contributed by atoms with Crippen LogP contribution in [0.2, 0.25) is 0 Å². The number of nitrogens with zero attached hydrogens (tertiary/aromatic N) is 1. The van der Waals surface area contributed by atoms with Crippen LogP contribution < -0.4 is 15.5 Å². The zero-order chi connectivity index (χ0) is 25.9. The highest BCUT2D eigenvalue weighted by Crippen LogP contribution is 2.27. The van der Waals surface area contributed by atoms with Crippen molar-refractivity contribution in [1.29, 1.82) is 0 Å². The molecule has 37 heavy (non-hydrogen) atoms. The van der Waals surface area contributed by atoms with Gasteiger partial charge >= 0.3 is 6.09 Å². The molecule has 4 aromatic carbocycles. The largest absolute Gasteiger partial charge is 0.488 e. The fraction of sp³-hybridized carbons (Fsp3) is 0.167. The summed E-state index contributed by atoms with van der Waals surface area (Å²) in [6.45, 7) is 2.31. The lowest BCUT2D eigenvalue weighted by atomic mass is 10.0. The summed E-state index contributed by atoms with van der Waals surface area (Å²) in [5.41, 5.74) is 5.25. The van der Waals surface area contributed by atoms with E-state index in [1.54, 1.807) is 13.1 Å². The highest BCUT2D eigenvalue weighted by molar-refractivity contribution is 6.02. The van der Waals surface area contributed by atoms with Crippen molar-refractivity contribution in [2.75, 3.05) is 6.61 Å². The fourth-order valence-electron chi connectivity index (χ4n) is 3.88. The molecule has 0 saturated carbocycles. The first-order valence-corrected chi connectivity index (χ1v) is 12.1. The molecule has 0 bridgehead atoms. The average Bonchev–Trinajstić information content (AvgIpc) is 2.93. The van der Waals surface area contributed by atoms with E-state index in [9.17, 15) is 9.59 Å². The van der Waals surface area contributed by atoms with Crippen LogP contribution in [0, 0.1) is 0 Å². The predicted molar refractivity (Wildman–Crippen MR) is 145 cm³/mol. The van der Waals surface area contributed by atoms with Gasteiger partial charge in [0.1, 0.15) is 18.4 Å². The lowest BCUT2D eigenvalue weighted by Crippen LogP contribution is -2.47. The number of fused-ring (bicyclic) bond motifs is 1. The molecule has 4 rings (SSSR count). The van der Waals surface area contributed by atoms with Crippen molar-refractivity contribution < 1.29 is 19.1 Å². The fourth-order valence-corrected chi connectivity index (χ4v) is 3.88. The molecule has 0 saturated heterocycles. The van der Waals surface area contributed by atoms with Crippen LogP contribution >= 0.6 is 0 Å². The van der Waals surface area contributed by atoms with Gasteiger partial charge in [0, 0.05) is 12.0 Å². The van der Waals surface area contributed by atoms with Crippen LogP contribution in [-0.4, -0.2) is 30.9 Å². The molecule has 0 fully saturated rings. The molecule has 0 spiro atoms. The van der Waals surface area contributed by atoms with Gasteiger partial charge in [-0.1, -0.05) is 91.0 Å². The third-order valence-corrected chi connectivity index (χ3v) is 5.70. The maximum Gasteiger partial charge on any atom is 0.407 e. The van der Waals surface area contributed by atoms with Crippen LogP contribution in [0.4, 0.5) is 4.79 Å². The summed E-state index contributed by atoms with van der Waals surface area (Å²) in [7, 11) is 0. The minimum Gasteiger partial charge on any atom is -0.488 e. The normalized spacial score (nSPS) is 11.7. The Morgan fingerprint density at radius 2 is 1.54 bits per heavy atom. The Hall–Kier alpha value is -4.65. The number of ether oxygens (including phenoxy) is 2. The van der Waals surface area contributed by atoms with Gasteiger partial charge in [-0.3, -0.25) is 4.79 Å². The van der Waals surface area contributed by atoms with E-state index in [0.29, 0.717) is 18.8 Å².